The van der Waals surface area contributed by atoms with Gasteiger partial charge in [0.05, 0.1) is 12.4 Å². The van der Waals surface area contributed by atoms with Gasteiger partial charge < -0.3 is 0 Å². The molecule has 5 heteroatoms. The van der Waals surface area contributed by atoms with Crippen LogP contribution >= 0.6 is 11.6 Å². The summed E-state index contributed by atoms with van der Waals surface area (Å²) in [4.78, 5) is 0. The van der Waals surface area contributed by atoms with Crippen LogP contribution in [0.2, 0.25) is 5.15 Å². The minimum atomic E-state index is 0.485. The van der Waals surface area contributed by atoms with Gasteiger partial charge in [-0.15, -0.1) is 0 Å². The van der Waals surface area contributed by atoms with Gasteiger partial charge in [0.1, 0.15) is 5.15 Å². The minimum absolute atomic E-state index is 0.485. The average molecular weight is 315 g/mol. The highest BCUT2D eigenvalue weighted by molar-refractivity contribution is 6.30. The van der Waals surface area contributed by atoms with Crippen LogP contribution in [0.3, 0.4) is 0 Å². The Morgan fingerprint density at radius 3 is 1.67 bits per heavy atom. The van der Waals surface area contributed by atoms with Gasteiger partial charge in [-0.3, -0.25) is 9.36 Å². The third kappa shape index (κ3) is 8.56. The average Bonchev–Trinajstić information content (AvgIpc) is 3.06. The summed E-state index contributed by atoms with van der Waals surface area (Å²) in [7, 11) is 1.81. The van der Waals surface area contributed by atoms with Gasteiger partial charge in [0.2, 0.25) is 0 Å². The van der Waals surface area contributed by atoms with Crippen LogP contribution in [0.1, 0.15) is 58.7 Å². The van der Waals surface area contributed by atoms with Crippen molar-refractivity contribution in [1.29, 1.82) is 0 Å². The molecule has 0 fully saturated rings. The summed E-state index contributed by atoms with van der Waals surface area (Å²) in [6.45, 7) is 16.2. The zero-order chi connectivity index (χ0) is 17.0. The first-order valence-electron chi connectivity index (χ1n) is 7.56. The second kappa shape index (κ2) is 12.5. The third-order valence-corrected chi connectivity index (χ3v) is 2.84. The van der Waals surface area contributed by atoms with Crippen molar-refractivity contribution in [2.24, 2.45) is 7.05 Å². The van der Waals surface area contributed by atoms with Crippen LogP contribution in [0.15, 0.2) is 18.6 Å². The molecule has 2 aromatic rings. The van der Waals surface area contributed by atoms with E-state index in [1.54, 1.807) is 10.9 Å². The Morgan fingerprint density at radius 2 is 1.52 bits per heavy atom. The molecule has 0 N–H and O–H groups in total. The molecular weight excluding hydrogens is 284 g/mol. The summed E-state index contributed by atoms with van der Waals surface area (Å²) in [6, 6.07) is 0.485. The largest absolute Gasteiger partial charge is 0.270 e. The standard InChI is InChI=1S/C7H12N2.C5H7ClN2.2C2H6/c1-6(2)9-5-7(3)4-8-9;1-4-3-7-8(2)5(4)6;2*1-2/h4-6H,1-3H3;3H,1-2H3;2*1-2H3. The predicted molar refractivity (Wildman–Crippen MR) is 93.0 cm³/mol. The Kier molecular flexibility index (Phi) is 13.0. The lowest BCUT2D eigenvalue weighted by Gasteiger charge is -2.02. The fourth-order valence-corrected chi connectivity index (χ4v) is 1.34. The molecule has 0 aliphatic rings. The van der Waals surface area contributed by atoms with Crippen molar-refractivity contribution < 1.29 is 0 Å². The summed E-state index contributed by atoms with van der Waals surface area (Å²) < 4.78 is 3.59. The number of aromatic nitrogens is 4. The molecule has 0 atom stereocenters. The van der Waals surface area contributed by atoms with E-state index in [1.165, 1.54) is 5.56 Å². The van der Waals surface area contributed by atoms with Gasteiger partial charge in [-0.1, -0.05) is 39.3 Å². The van der Waals surface area contributed by atoms with E-state index in [2.05, 4.69) is 24.0 Å². The summed E-state index contributed by atoms with van der Waals surface area (Å²) in [5.74, 6) is 0. The van der Waals surface area contributed by atoms with Gasteiger partial charge in [-0.05, 0) is 33.3 Å². The summed E-state index contributed by atoms with van der Waals surface area (Å²) >= 11 is 5.69. The van der Waals surface area contributed by atoms with Crippen molar-refractivity contribution in [3.05, 3.63) is 34.9 Å². The number of nitrogens with zero attached hydrogens (tertiary/aromatic N) is 4. The summed E-state index contributed by atoms with van der Waals surface area (Å²) in [5, 5.41) is 8.75. The highest BCUT2D eigenvalue weighted by Gasteiger charge is 1.97. The topological polar surface area (TPSA) is 35.6 Å². The van der Waals surface area contributed by atoms with E-state index in [0.29, 0.717) is 11.2 Å². The second-order valence-electron chi connectivity index (χ2n) is 4.33. The highest BCUT2D eigenvalue weighted by Crippen LogP contribution is 2.10. The van der Waals surface area contributed by atoms with Crippen molar-refractivity contribution in [3.8, 4) is 0 Å². The number of rotatable bonds is 1. The molecule has 0 saturated carbocycles. The fourth-order valence-electron chi connectivity index (χ4n) is 1.25. The number of halogens is 1. The lowest BCUT2D eigenvalue weighted by atomic mass is 10.4. The lowest BCUT2D eigenvalue weighted by molar-refractivity contribution is 0.532. The molecule has 4 nitrogen and oxygen atoms in total. The van der Waals surface area contributed by atoms with Gasteiger partial charge in [-0.2, -0.15) is 10.2 Å². The highest BCUT2D eigenvalue weighted by atomic mass is 35.5. The van der Waals surface area contributed by atoms with Crippen LogP contribution in [-0.2, 0) is 7.05 Å². The van der Waals surface area contributed by atoms with E-state index in [1.807, 2.05) is 65.7 Å². The van der Waals surface area contributed by atoms with E-state index in [0.717, 1.165) is 5.56 Å². The van der Waals surface area contributed by atoms with Gasteiger partial charge in [0.15, 0.2) is 0 Å². The van der Waals surface area contributed by atoms with Gasteiger partial charge in [0.25, 0.3) is 0 Å². The molecule has 0 radical (unpaired) electrons. The first-order valence-corrected chi connectivity index (χ1v) is 7.94. The summed E-state index contributed by atoms with van der Waals surface area (Å²) in [6.07, 6.45) is 5.66. The van der Waals surface area contributed by atoms with Crippen LogP contribution in [-0.4, -0.2) is 19.6 Å². The first-order chi connectivity index (χ1) is 9.91. The van der Waals surface area contributed by atoms with Crippen molar-refractivity contribution in [3.63, 3.8) is 0 Å². The molecule has 122 valence electrons. The molecule has 0 aliphatic carbocycles. The zero-order valence-electron chi connectivity index (χ0n) is 15.0. The fraction of sp³-hybridized carbons (Fsp3) is 0.625. The smallest absolute Gasteiger partial charge is 0.129 e. The van der Waals surface area contributed by atoms with Crippen molar-refractivity contribution in [2.45, 2.75) is 61.4 Å². The zero-order valence-corrected chi connectivity index (χ0v) is 15.7. The molecule has 0 amide bonds. The minimum Gasteiger partial charge on any atom is -0.270 e. The van der Waals surface area contributed by atoms with Crippen LogP contribution in [0.25, 0.3) is 0 Å². The molecule has 2 aromatic heterocycles. The molecule has 0 aliphatic heterocycles. The van der Waals surface area contributed by atoms with Crippen LogP contribution in [0.5, 0.6) is 0 Å². The maximum Gasteiger partial charge on any atom is 0.129 e. The third-order valence-electron chi connectivity index (χ3n) is 2.29. The number of aryl methyl sites for hydroxylation is 3. The van der Waals surface area contributed by atoms with Crippen molar-refractivity contribution >= 4 is 11.6 Å². The van der Waals surface area contributed by atoms with Gasteiger partial charge in [0, 0.05) is 24.8 Å². The normalized spacial score (nSPS) is 8.90. The Balaban J connectivity index is 0. The molecule has 0 spiro atoms. The number of hydrogen-bond acceptors (Lipinski definition) is 2. The SMILES string of the molecule is CC.CC.Cc1cnn(C(C)C)c1.Cc1cnn(C)c1Cl. The van der Waals surface area contributed by atoms with Crippen molar-refractivity contribution in [2.75, 3.05) is 0 Å². The maximum absolute atomic E-state index is 5.69. The van der Waals surface area contributed by atoms with E-state index in [-0.39, 0.29) is 0 Å². The molecule has 0 unspecified atom stereocenters. The lowest BCUT2D eigenvalue weighted by Crippen LogP contribution is -1.99. The first kappa shape index (κ1) is 22.0. The van der Waals surface area contributed by atoms with E-state index in [9.17, 15) is 0 Å². The Bertz CT molecular complexity index is 453. The van der Waals surface area contributed by atoms with Gasteiger partial charge in [-0.25, -0.2) is 0 Å². The molecular formula is C16H31ClN4. The Hall–Kier alpha value is -1.29. The second-order valence-corrected chi connectivity index (χ2v) is 4.69. The van der Waals surface area contributed by atoms with Gasteiger partial charge >= 0.3 is 0 Å². The Morgan fingerprint density at radius 1 is 1.00 bits per heavy atom. The van der Waals surface area contributed by atoms with E-state index >= 15 is 0 Å². The monoisotopic (exact) mass is 314 g/mol. The van der Waals surface area contributed by atoms with E-state index < -0.39 is 0 Å². The molecule has 0 aromatic carbocycles. The Labute approximate surface area is 135 Å². The molecule has 0 bridgehead atoms. The van der Waals surface area contributed by atoms with Crippen LogP contribution in [0.4, 0.5) is 0 Å². The van der Waals surface area contributed by atoms with E-state index in [4.69, 9.17) is 11.6 Å². The quantitative estimate of drug-likeness (QED) is 0.724. The maximum atomic E-state index is 5.69. The van der Waals surface area contributed by atoms with Crippen molar-refractivity contribution in [1.82, 2.24) is 19.6 Å². The summed E-state index contributed by atoms with van der Waals surface area (Å²) in [5.41, 5.74) is 2.25. The molecule has 0 saturated heterocycles. The molecule has 2 heterocycles. The molecule has 2 rings (SSSR count). The molecule has 21 heavy (non-hydrogen) atoms. The predicted octanol–water partition coefficient (Wildman–Crippen LogP) is 5.21. The van der Waals surface area contributed by atoms with Crippen LogP contribution in [0, 0.1) is 13.8 Å². The van der Waals surface area contributed by atoms with Crippen LogP contribution < -0.4 is 0 Å². The number of hydrogen-bond donors (Lipinski definition) is 0.